The van der Waals surface area contributed by atoms with E-state index in [-0.39, 0.29) is 24.5 Å². The fourth-order valence-electron chi connectivity index (χ4n) is 4.47. The van der Waals surface area contributed by atoms with Gasteiger partial charge in [-0.2, -0.15) is 10.5 Å². The fourth-order valence-corrected chi connectivity index (χ4v) is 4.47. The van der Waals surface area contributed by atoms with Gasteiger partial charge in [-0.1, -0.05) is 0 Å². The summed E-state index contributed by atoms with van der Waals surface area (Å²) in [5.41, 5.74) is 2.22. The standard InChI is InChI=1S/C23H22N6O2/c1-14-8-16(4-7-31-14)29-20(10-21(30)28-23(13-25)5-6-23)27-19-12-26-18-3-2-15(11-24)9-17(18)22(19)29/h2-3,9,12,14,16H,4-8,10H2,1H3,(H,28,30)/t14-,16-/m1/s1. The summed E-state index contributed by atoms with van der Waals surface area (Å²) in [5.74, 6) is 0.447. The Morgan fingerprint density at radius 2 is 2.19 bits per heavy atom. The Bertz CT molecular complexity index is 1280. The minimum absolute atomic E-state index is 0.0866. The number of benzene rings is 1. The molecular weight excluding hydrogens is 392 g/mol. The first-order valence-electron chi connectivity index (χ1n) is 10.6. The number of imidazole rings is 1. The number of nitrogens with one attached hydrogen (secondary N) is 1. The zero-order valence-electron chi connectivity index (χ0n) is 17.3. The first kappa shape index (κ1) is 19.5. The second kappa shape index (κ2) is 7.33. The van der Waals surface area contributed by atoms with E-state index in [1.165, 1.54) is 0 Å². The molecular formula is C23H22N6O2. The number of fused-ring (bicyclic) bond motifs is 3. The van der Waals surface area contributed by atoms with Gasteiger partial charge in [0.1, 0.15) is 16.9 Å². The van der Waals surface area contributed by atoms with Gasteiger partial charge in [-0.15, -0.1) is 0 Å². The second-order valence-corrected chi connectivity index (χ2v) is 8.51. The molecule has 2 atom stereocenters. The monoisotopic (exact) mass is 414 g/mol. The third-order valence-corrected chi connectivity index (χ3v) is 6.20. The van der Waals surface area contributed by atoms with Crippen LogP contribution in [0.2, 0.25) is 0 Å². The number of carbonyl (C=O) groups excluding carboxylic acids is 1. The third kappa shape index (κ3) is 3.49. The number of rotatable bonds is 4. The van der Waals surface area contributed by atoms with Gasteiger partial charge in [-0.25, -0.2) is 4.98 Å². The Balaban J connectivity index is 1.64. The molecule has 3 aromatic rings. The summed E-state index contributed by atoms with van der Waals surface area (Å²) in [5, 5.41) is 22.4. The van der Waals surface area contributed by atoms with Crippen LogP contribution in [0.4, 0.5) is 0 Å². The quantitative estimate of drug-likeness (QED) is 0.702. The Morgan fingerprint density at radius 3 is 2.90 bits per heavy atom. The van der Waals surface area contributed by atoms with Crippen molar-refractivity contribution >= 4 is 27.8 Å². The van der Waals surface area contributed by atoms with Crippen molar-refractivity contribution in [3.05, 3.63) is 35.8 Å². The molecule has 5 rings (SSSR count). The number of nitriles is 2. The zero-order chi connectivity index (χ0) is 21.6. The summed E-state index contributed by atoms with van der Waals surface area (Å²) >= 11 is 0. The van der Waals surface area contributed by atoms with Crippen molar-refractivity contribution in [3.8, 4) is 12.1 Å². The van der Waals surface area contributed by atoms with E-state index in [0.717, 1.165) is 29.3 Å². The highest BCUT2D eigenvalue weighted by Gasteiger charge is 2.44. The normalized spacial score (nSPS) is 22.0. The molecule has 0 unspecified atom stereocenters. The lowest BCUT2D eigenvalue weighted by Crippen LogP contribution is -2.37. The highest BCUT2D eigenvalue weighted by atomic mass is 16.5. The Kier molecular flexibility index (Phi) is 4.60. The van der Waals surface area contributed by atoms with Gasteiger partial charge in [0.2, 0.25) is 5.91 Å². The predicted molar refractivity (Wildman–Crippen MR) is 113 cm³/mol. The fraction of sp³-hybridized carbons (Fsp3) is 0.435. The predicted octanol–water partition coefficient (Wildman–Crippen LogP) is 2.91. The molecule has 0 spiro atoms. The maximum absolute atomic E-state index is 12.8. The first-order valence-corrected chi connectivity index (χ1v) is 10.6. The maximum Gasteiger partial charge on any atom is 0.228 e. The van der Waals surface area contributed by atoms with E-state index in [1.54, 1.807) is 12.3 Å². The molecule has 31 heavy (non-hydrogen) atoms. The lowest BCUT2D eigenvalue weighted by Gasteiger charge is -2.30. The van der Waals surface area contributed by atoms with Crippen molar-refractivity contribution in [2.45, 2.75) is 56.7 Å². The smallest absolute Gasteiger partial charge is 0.228 e. The number of nitrogens with zero attached hydrogens (tertiary/aromatic N) is 5. The van der Waals surface area contributed by atoms with Crippen molar-refractivity contribution in [2.24, 2.45) is 0 Å². The maximum atomic E-state index is 12.8. The summed E-state index contributed by atoms with van der Waals surface area (Å²) in [6.45, 7) is 2.69. The molecule has 3 heterocycles. The number of pyridine rings is 1. The van der Waals surface area contributed by atoms with Gasteiger partial charge in [-0.3, -0.25) is 9.78 Å². The highest BCUT2D eigenvalue weighted by Crippen LogP contribution is 2.36. The van der Waals surface area contributed by atoms with E-state index in [2.05, 4.69) is 33.9 Å². The van der Waals surface area contributed by atoms with Gasteiger partial charge >= 0.3 is 0 Å². The first-order chi connectivity index (χ1) is 15.0. The molecule has 1 aliphatic heterocycles. The summed E-state index contributed by atoms with van der Waals surface area (Å²) < 4.78 is 7.89. The number of carbonyl (C=O) groups is 1. The van der Waals surface area contributed by atoms with Crippen molar-refractivity contribution in [1.82, 2.24) is 19.9 Å². The van der Waals surface area contributed by atoms with E-state index in [4.69, 9.17) is 9.72 Å². The van der Waals surface area contributed by atoms with Gasteiger partial charge in [0.15, 0.2) is 0 Å². The molecule has 2 aliphatic rings. The number of hydrogen-bond acceptors (Lipinski definition) is 6. The lowest BCUT2D eigenvalue weighted by atomic mass is 10.0. The number of ether oxygens (including phenoxy) is 1. The van der Waals surface area contributed by atoms with Crippen molar-refractivity contribution in [1.29, 1.82) is 10.5 Å². The van der Waals surface area contributed by atoms with E-state index in [9.17, 15) is 15.3 Å². The van der Waals surface area contributed by atoms with Crippen LogP contribution in [-0.4, -0.2) is 38.7 Å². The molecule has 8 heteroatoms. The Hall–Kier alpha value is -3.49. The number of aromatic nitrogens is 3. The van der Waals surface area contributed by atoms with E-state index >= 15 is 0 Å². The summed E-state index contributed by atoms with van der Waals surface area (Å²) in [4.78, 5) is 22.0. The Labute approximate surface area is 179 Å². The van der Waals surface area contributed by atoms with Crippen LogP contribution >= 0.6 is 0 Å². The molecule has 2 fully saturated rings. The molecule has 0 bridgehead atoms. The molecule has 0 radical (unpaired) electrons. The molecule has 1 amide bonds. The SMILES string of the molecule is C[C@@H]1C[C@H](n2c(CC(=O)NC3(C#N)CC3)nc3cnc4ccc(C#N)cc4c32)CCO1. The van der Waals surface area contributed by atoms with Gasteiger partial charge in [0, 0.05) is 18.0 Å². The number of amides is 1. The van der Waals surface area contributed by atoms with Crippen molar-refractivity contribution < 1.29 is 9.53 Å². The summed E-state index contributed by atoms with van der Waals surface area (Å²) in [7, 11) is 0. The summed E-state index contributed by atoms with van der Waals surface area (Å²) in [6.07, 6.45) is 4.92. The van der Waals surface area contributed by atoms with Gasteiger partial charge in [0.25, 0.3) is 0 Å². The second-order valence-electron chi connectivity index (χ2n) is 8.51. The van der Waals surface area contributed by atoms with Crippen molar-refractivity contribution in [2.75, 3.05) is 6.61 Å². The largest absolute Gasteiger partial charge is 0.378 e. The summed E-state index contributed by atoms with van der Waals surface area (Å²) in [6, 6.07) is 9.95. The average Bonchev–Trinajstić information content (AvgIpc) is 3.44. The topological polar surface area (TPSA) is 117 Å². The van der Waals surface area contributed by atoms with E-state index in [0.29, 0.717) is 36.4 Å². The van der Waals surface area contributed by atoms with Gasteiger partial charge in [0.05, 0.1) is 47.5 Å². The van der Waals surface area contributed by atoms with Crippen LogP contribution in [0.15, 0.2) is 24.4 Å². The van der Waals surface area contributed by atoms with Crippen LogP contribution in [-0.2, 0) is 16.0 Å². The molecule has 1 saturated carbocycles. The van der Waals surface area contributed by atoms with Crippen LogP contribution in [0.1, 0.15) is 50.0 Å². The van der Waals surface area contributed by atoms with Crippen LogP contribution in [0, 0.1) is 22.7 Å². The van der Waals surface area contributed by atoms with Crippen LogP contribution in [0.5, 0.6) is 0 Å². The average molecular weight is 414 g/mol. The molecule has 156 valence electrons. The van der Waals surface area contributed by atoms with Gasteiger partial charge in [-0.05, 0) is 50.8 Å². The van der Waals surface area contributed by atoms with E-state index < -0.39 is 5.54 Å². The highest BCUT2D eigenvalue weighted by molar-refractivity contribution is 6.03. The minimum Gasteiger partial charge on any atom is -0.378 e. The molecule has 1 aromatic carbocycles. The van der Waals surface area contributed by atoms with Gasteiger partial charge < -0.3 is 14.6 Å². The third-order valence-electron chi connectivity index (χ3n) is 6.20. The molecule has 1 N–H and O–H groups in total. The van der Waals surface area contributed by atoms with Crippen LogP contribution < -0.4 is 5.32 Å². The Morgan fingerprint density at radius 1 is 1.35 bits per heavy atom. The molecule has 2 aromatic heterocycles. The lowest BCUT2D eigenvalue weighted by molar-refractivity contribution is -0.121. The van der Waals surface area contributed by atoms with E-state index in [1.807, 2.05) is 12.1 Å². The van der Waals surface area contributed by atoms with Crippen LogP contribution in [0.25, 0.3) is 21.9 Å². The molecule has 8 nitrogen and oxygen atoms in total. The van der Waals surface area contributed by atoms with Crippen molar-refractivity contribution in [3.63, 3.8) is 0 Å². The zero-order valence-corrected chi connectivity index (χ0v) is 17.3. The molecule has 1 aliphatic carbocycles. The number of hydrogen-bond donors (Lipinski definition) is 1. The minimum atomic E-state index is -0.711. The van der Waals surface area contributed by atoms with Crippen LogP contribution in [0.3, 0.4) is 0 Å². The molecule has 1 saturated heterocycles.